The van der Waals surface area contributed by atoms with E-state index in [9.17, 15) is 19.5 Å². The molecule has 0 aliphatic rings. The number of hydrogen-bond donors (Lipinski definition) is 2. The number of nitrogens with zero attached hydrogens (tertiary/aromatic N) is 1. The number of carboxylic acid groups (broad SMARTS) is 1. The van der Waals surface area contributed by atoms with Gasteiger partial charge in [0, 0.05) is 19.5 Å². The number of rotatable bonds is 13. The molecular formula is C30H32N2O4. The molecule has 186 valence electrons. The fourth-order valence-electron chi connectivity index (χ4n) is 4.60. The fourth-order valence-corrected chi connectivity index (χ4v) is 4.60. The first kappa shape index (κ1) is 25.2. The lowest BCUT2D eigenvalue weighted by Gasteiger charge is -2.29. The highest BCUT2D eigenvalue weighted by atomic mass is 16.4. The number of hydrogen-bond acceptors (Lipinski definition) is 5. The highest BCUT2D eigenvalue weighted by Gasteiger charge is 2.30. The summed E-state index contributed by atoms with van der Waals surface area (Å²) in [6, 6.07) is 22.5. The third kappa shape index (κ3) is 5.82. The molecule has 0 amide bonds. The van der Waals surface area contributed by atoms with Crippen molar-refractivity contribution < 1.29 is 9.90 Å². The number of unbranched alkanes of at least 4 members (excludes halogenated alkanes) is 3. The summed E-state index contributed by atoms with van der Waals surface area (Å²) in [5.74, 6) is -1.07. The van der Waals surface area contributed by atoms with Crippen LogP contribution < -0.4 is 21.1 Å². The molecule has 0 aromatic heterocycles. The summed E-state index contributed by atoms with van der Waals surface area (Å²) in [4.78, 5) is 39.3. The van der Waals surface area contributed by atoms with Crippen molar-refractivity contribution in [3.8, 4) is 0 Å². The van der Waals surface area contributed by atoms with Crippen LogP contribution in [0.1, 0.15) is 43.7 Å². The second kappa shape index (κ2) is 11.7. The molecule has 6 nitrogen and oxygen atoms in total. The van der Waals surface area contributed by atoms with Gasteiger partial charge in [-0.25, -0.2) is 4.79 Å². The topological polar surface area (TPSA) is 86.7 Å². The Labute approximate surface area is 210 Å². The molecule has 0 aliphatic carbocycles. The maximum Gasteiger partial charge on any atom is 0.326 e. The molecule has 0 fully saturated rings. The van der Waals surface area contributed by atoms with Crippen molar-refractivity contribution in [1.82, 2.24) is 0 Å². The molecule has 2 N–H and O–H groups in total. The van der Waals surface area contributed by atoms with Gasteiger partial charge in [-0.3, -0.25) is 9.59 Å². The Hall–Kier alpha value is -3.93. The average Bonchev–Trinajstić information content (AvgIpc) is 2.90. The maximum absolute atomic E-state index is 12.8. The molecular weight excluding hydrogens is 452 g/mol. The number of nitrogens with one attached hydrogen (secondary N) is 1. The molecule has 4 aromatic rings. The number of carbonyl (C=O) groups is 1. The number of carboxylic acids is 1. The van der Waals surface area contributed by atoms with Crippen LogP contribution in [0.5, 0.6) is 0 Å². The van der Waals surface area contributed by atoms with Crippen molar-refractivity contribution >= 4 is 28.1 Å². The van der Waals surface area contributed by atoms with Gasteiger partial charge in [-0.2, -0.15) is 0 Å². The minimum atomic E-state index is -1.07. The van der Waals surface area contributed by atoms with Crippen molar-refractivity contribution in [3.63, 3.8) is 0 Å². The van der Waals surface area contributed by atoms with Crippen molar-refractivity contribution in [2.24, 2.45) is 0 Å². The molecule has 1 atom stereocenters. The first-order valence-electron chi connectivity index (χ1n) is 12.6. The molecule has 1 unspecified atom stereocenters. The smallest absolute Gasteiger partial charge is 0.326 e. The SMILES string of the molecule is CCCCCCN(Cc1ccc2ccccc2c1)c1c(NC(Cc2ccccc2)C(=O)O)c(=O)c1=O. The Balaban J connectivity index is 1.61. The standard InChI is InChI=1S/C30H32N2O4/c1-2-3-4-10-17-32(20-22-15-16-23-13-8-9-14-24(23)18-22)27-26(28(33)29(27)34)31-25(30(35)36)19-21-11-6-5-7-12-21/h5-9,11-16,18,25,31H,2-4,10,17,19-20H2,1H3,(H,35,36). The van der Waals surface area contributed by atoms with Crippen LogP contribution in [-0.4, -0.2) is 23.7 Å². The van der Waals surface area contributed by atoms with Crippen LogP contribution >= 0.6 is 0 Å². The lowest BCUT2D eigenvalue weighted by atomic mass is 10.0. The second-order valence-electron chi connectivity index (χ2n) is 9.27. The van der Waals surface area contributed by atoms with E-state index in [2.05, 4.69) is 36.5 Å². The molecule has 0 saturated heterocycles. The van der Waals surface area contributed by atoms with Crippen molar-refractivity contribution in [2.45, 2.75) is 51.6 Å². The van der Waals surface area contributed by atoms with Crippen LogP contribution in [0.25, 0.3) is 10.8 Å². The zero-order chi connectivity index (χ0) is 25.5. The lowest BCUT2D eigenvalue weighted by Crippen LogP contribution is -2.45. The monoisotopic (exact) mass is 484 g/mol. The minimum absolute atomic E-state index is 0.111. The van der Waals surface area contributed by atoms with Gasteiger partial charge < -0.3 is 15.3 Å². The molecule has 0 bridgehead atoms. The summed E-state index contributed by atoms with van der Waals surface area (Å²) in [6.07, 6.45) is 4.30. The van der Waals surface area contributed by atoms with E-state index in [4.69, 9.17) is 0 Å². The van der Waals surface area contributed by atoms with E-state index < -0.39 is 22.9 Å². The van der Waals surface area contributed by atoms with Crippen molar-refractivity contribution in [1.29, 1.82) is 0 Å². The number of aliphatic carboxylic acids is 1. The molecule has 0 saturated carbocycles. The van der Waals surface area contributed by atoms with E-state index in [1.54, 1.807) is 0 Å². The van der Waals surface area contributed by atoms with Crippen LogP contribution in [0.2, 0.25) is 0 Å². The van der Waals surface area contributed by atoms with Gasteiger partial charge in [0.25, 0.3) is 10.9 Å². The summed E-state index contributed by atoms with van der Waals surface area (Å²) in [7, 11) is 0. The van der Waals surface area contributed by atoms with Crippen LogP contribution in [0.3, 0.4) is 0 Å². The Bertz CT molecular complexity index is 1390. The number of benzene rings is 3. The summed E-state index contributed by atoms with van der Waals surface area (Å²) in [5.41, 5.74) is 1.06. The first-order chi connectivity index (χ1) is 17.5. The highest BCUT2D eigenvalue weighted by molar-refractivity contribution is 5.84. The fraction of sp³-hybridized carbons (Fsp3) is 0.300. The molecule has 0 radical (unpaired) electrons. The summed E-state index contributed by atoms with van der Waals surface area (Å²) in [6.45, 7) is 3.22. The predicted molar refractivity (Wildman–Crippen MR) is 146 cm³/mol. The quantitative estimate of drug-likeness (QED) is 0.202. The summed E-state index contributed by atoms with van der Waals surface area (Å²) in [5, 5.41) is 15.0. The molecule has 36 heavy (non-hydrogen) atoms. The van der Waals surface area contributed by atoms with Gasteiger partial charge in [-0.05, 0) is 34.4 Å². The van der Waals surface area contributed by atoms with E-state index in [1.807, 2.05) is 53.4 Å². The molecule has 0 spiro atoms. The number of anilines is 2. The van der Waals surface area contributed by atoms with Gasteiger partial charge in [0.05, 0.1) is 0 Å². The van der Waals surface area contributed by atoms with E-state index in [-0.39, 0.29) is 12.1 Å². The van der Waals surface area contributed by atoms with Gasteiger partial charge in [-0.15, -0.1) is 0 Å². The van der Waals surface area contributed by atoms with Gasteiger partial charge in [0.2, 0.25) is 0 Å². The summed E-state index contributed by atoms with van der Waals surface area (Å²) < 4.78 is 0. The molecule has 0 heterocycles. The molecule has 4 aromatic carbocycles. The molecule has 6 heteroatoms. The first-order valence-corrected chi connectivity index (χ1v) is 12.6. The molecule has 4 rings (SSSR count). The zero-order valence-electron chi connectivity index (χ0n) is 20.6. The Morgan fingerprint density at radius 2 is 1.58 bits per heavy atom. The summed E-state index contributed by atoms with van der Waals surface area (Å²) >= 11 is 0. The second-order valence-corrected chi connectivity index (χ2v) is 9.27. The van der Waals surface area contributed by atoms with Gasteiger partial charge in [0.1, 0.15) is 17.4 Å². The Kier molecular flexibility index (Phi) is 8.16. The van der Waals surface area contributed by atoms with Gasteiger partial charge in [-0.1, -0.05) is 92.9 Å². The van der Waals surface area contributed by atoms with Crippen molar-refractivity contribution in [2.75, 3.05) is 16.8 Å². The zero-order valence-corrected chi connectivity index (χ0v) is 20.6. The maximum atomic E-state index is 12.8. The third-order valence-electron chi connectivity index (χ3n) is 6.57. The minimum Gasteiger partial charge on any atom is -0.480 e. The van der Waals surface area contributed by atoms with E-state index in [0.29, 0.717) is 18.8 Å². The normalized spacial score (nSPS) is 12.0. The van der Waals surface area contributed by atoms with Crippen LogP contribution in [-0.2, 0) is 17.8 Å². The van der Waals surface area contributed by atoms with E-state index in [0.717, 1.165) is 47.6 Å². The van der Waals surface area contributed by atoms with Gasteiger partial charge in [0.15, 0.2) is 0 Å². The largest absolute Gasteiger partial charge is 0.480 e. The predicted octanol–water partition coefficient (Wildman–Crippen LogP) is 5.13. The van der Waals surface area contributed by atoms with E-state index in [1.165, 1.54) is 0 Å². The number of fused-ring (bicyclic) bond motifs is 1. The highest BCUT2D eigenvalue weighted by Crippen LogP contribution is 2.26. The van der Waals surface area contributed by atoms with Crippen LogP contribution in [0.4, 0.5) is 11.4 Å². The van der Waals surface area contributed by atoms with Crippen molar-refractivity contribution in [3.05, 3.63) is 104 Å². The van der Waals surface area contributed by atoms with Gasteiger partial charge >= 0.3 is 5.97 Å². The lowest BCUT2D eigenvalue weighted by molar-refractivity contribution is -0.137. The van der Waals surface area contributed by atoms with Crippen LogP contribution in [0.15, 0.2) is 82.4 Å². The Morgan fingerprint density at radius 1 is 0.861 bits per heavy atom. The Morgan fingerprint density at radius 3 is 2.31 bits per heavy atom. The molecule has 0 aliphatic heterocycles. The van der Waals surface area contributed by atoms with Crippen LogP contribution in [0, 0.1) is 0 Å². The third-order valence-corrected chi connectivity index (χ3v) is 6.57. The van der Waals surface area contributed by atoms with E-state index >= 15 is 0 Å². The average molecular weight is 485 g/mol.